The fourth-order valence-electron chi connectivity index (χ4n) is 4.64. The second kappa shape index (κ2) is 7.43. The highest BCUT2D eigenvalue weighted by Gasteiger charge is 2.37. The van der Waals surface area contributed by atoms with Gasteiger partial charge in [-0.1, -0.05) is 26.2 Å². The number of piperidine rings is 1. The van der Waals surface area contributed by atoms with Crippen molar-refractivity contribution in [1.82, 2.24) is 10.2 Å². The third-order valence-electron chi connectivity index (χ3n) is 6.09. The van der Waals surface area contributed by atoms with Gasteiger partial charge in [0, 0.05) is 11.6 Å². The average Bonchev–Trinajstić information content (AvgIpc) is 2.49. The topological polar surface area (TPSA) is 35.5 Å². The summed E-state index contributed by atoms with van der Waals surface area (Å²) in [6.45, 7) is 10.3. The molecule has 0 radical (unpaired) electrons. The van der Waals surface area contributed by atoms with Crippen LogP contribution >= 0.6 is 0 Å². The minimum atomic E-state index is -0.131. The van der Waals surface area contributed by atoms with E-state index in [4.69, 9.17) is 0 Å². The SMILES string of the molecule is CCNC(C)(CO)CC(C)N1CCC2(CCCCC2)CC1. The lowest BCUT2D eigenvalue weighted by Crippen LogP contribution is -2.52. The van der Waals surface area contributed by atoms with Crippen LogP contribution in [0.15, 0.2) is 0 Å². The van der Waals surface area contributed by atoms with Gasteiger partial charge >= 0.3 is 0 Å². The van der Waals surface area contributed by atoms with Crippen molar-refractivity contribution < 1.29 is 5.11 Å². The molecule has 1 saturated heterocycles. The molecule has 0 bridgehead atoms. The van der Waals surface area contributed by atoms with Gasteiger partial charge in [-0.25, -0.2) is 0 Å². The molecule has 2 fully saturated rings. The van der Waals surface area contributed by atoms with Crippen molar-refractivity contribution in [2.75, 3.05) is 26.2 Å². The van der Waals surface area contributed by atoms with E-state index in [2.05, 4.69) is 31.0 Å². The van der Waals surface area contributed by atoms with E-state index >= 15 is 0 Å². The van der Waals surface area contributed by atoms with Gasteiger partial charge in [0.15, 0.2) is 0 Å². The van der Waals surface area contributed by atoms with Crippen LogP contribution in [0.3, 0.4) is 0 Å². The number of rotatable bonds is 6. The van der Waals surface area contributed by atoms with Crippen molar-refractivity contribution in [3.8, 4) is 0 Å². The Kier molecular flexibility index (Phi) is 6.10. The van der Waals surface area contributed by atoms with Crippen LogP contribution in [0, 0.1) is 5.41 Å². The summed E-state index contributed by atoms with van der Waals surface area (Å²) in [5, 5.41) is 13.1. The molecule has 0 amide bonds. The molecule has 0 aromatic rings. The number of aliphatic hydroxyl groups is 1. The Bertz CT molecular complexity index is 304. The normalized spacial score (nSPS) is 27.4. The van der Waals surface area contributed by atoms with E-state index in [9.17, 15) is 5.11 Å². The monoisotopic (exact) mass is 296 g/mol. The van der Waals surface area contributed by atoms with Crippen LogP contribution in [0.5, 0.6) is 0 Å². The molecule has 21 heavy (non-hydrogen) atoms. The van der Waals surface area contributed by atoms with Crippen LogP contribution in [0.1, 0.15) is 72.1 Å². The molecule has 1 aliphatic heterocycles. The van der Waals surface area contributed by atoms with Crippen molar-refractivity contribution in [3.05, 3.63) is 0 Å². The number of aliphatic hydroxyl groups excluding tert-OH is 1. The molecular weight excluding hydrogens is 260 g/mol. The zero-order valence-electron chi connectivity index (χ0n) is 14.5. The molecule has 0 aromatic carbocycles. The van der Waals surface area contributed by atoms with Crippen LogP contribution in [-0.2, 0) is 0 Å². The highest BCUT2D eigenvalue weighted by Crippen LogP contribution is 2.44. The molecule has 2 unspecified atom stereocenters. The van der Waals surface area contributed by atoms with Gasteiger partial charge in [-0.2, -0.15) is 0 Å². The third-order valence-corrected chi connectivity index (χ3v) is 6.09. The summed E-state index contributed by atoms with van der Waals surface area (Å²) in [4.78, 5) is 2.66. The van der Waals surface area contributed by atoms with E-state index in [1.807, 2.05) is 0 Å². The van der Waals surface area contributed by atoms with E-state index in [1.54, 1.807) is 0 Å². The minimum absolute atomic E-state index is 0.131. The number of hydrogen-bond acceptors (Lipinski definition) is 3. The molecule has 2 aliphatic rings. The van der Waals surface area contributed by atoms with Crippen molar-refractivity contribution in [3.63, 3.8) is 0 Å². The van der Waals surface area contributed by atoms with Crippen molar-refractivity contribution in [2.45, 2.75) is 83.7 Å². The van der Waals surface area contributed by atoms with E-state index in [1.165, 1.54) is 58.0 Å². The summed E-state index contributed by atoms with van der Waals surface area (Å²) in [5.41, 5.74) is 0.560. The molecule has 2 rings (SSSR count). The lowest BCUT2D eigenvalue weighted by atomic mass is 9.68. The summed E-state index contributed by atoms with van der Waals surface area (Å²) in [6, 6.07) is 0.558. The van der Waals surface area contributed by atoms with E-state index in [-0.39, 0.29) is 12.1 Å². The Labute approximate surface area is 131 Å². The molecule has 1 aliphatic carbocycles. The van der Waals surface area contributed by atoms with Gasteiger partial charge in [0.25, 0.3) is 0 Å². The first-order valence-corrected chi connectivity index (χ1v) is 9.12. The predicted octanol–water partition coefficient (Wildman–Crippen LogP) is 3.17. The molecule has 1 heterocycles. The molecule has 2 N–H and O–H groups in total. The van der Waals surface area contributed by atoms with Gasteiger partial charge in [-0.05, 0) is 71.0 Å². The molecule has 124 valence electrons. The fourth-order valence-corrected chi connectivity index (χ4v) is 4.64. The smallest absolute Gasteiger partial charge is 0.0611 e. The van der Waals surface area contributed by atoms with E-state index in [0.29, 0.717) is 11.5 Å². The number of nitrogens with zero attached hydrogens (tertiary/aromatic N) is 1. The van der Waals surface area contributed by atoms with Crippen LogP contribution in [0.2, 0.25) is 0 Å². The Morgan fingerprint density at radius 1 is 1.14 bits per heavy atom. The summed E-state index contributed by atoms with van der Waals surface area (Å²) < 4.78 is 0. The zero-order valence-corrected chi connectivity index (χ0v) is 14.5. The summed E-state index contributed by atoms with van der Waals surface area (Å²) >= 11 is 0. The van der Waals surface area contributed by atoms with Crippen molar-refractivity contribution in [2.24, 2.45) is 5.41 Å². The van der Waals surface area contributed by atoms with Crippen molar-refractivity contribution >= 4 is 0 Å². The molecule has 1 saturated carbocycles. The summed E-state index contributed by atoms with van der Waals surface area (Å²) in [7, 11) is 0. The Hall–Kier alpha value is -0.120. The second-order valence-electron chi connectivity index (χ2n) is 7.90. The first-order chi connectivity index (χ1) is 10.0. The van der Waals surface area contributed by atoms with Crippen LogP contribution in [0.4, 0.5) is 0 Å². The van der Waals surface area contributed by atoms with Gasteiger partial charge in [0.1, 0.15) is 0 Å². The predicted molar refractivity (Wildman–Crippen MR) is 89.6 cm³/mol. The maximum atomic E-state index is 9.68. The van der Waals surface area contributed by atoms with E-state index < -0.39 is 0 Å². The molecular formula is C18H36N2O. The lowest BCUT2D eigenvalue weighted by molar-refractivity contribution is 0.0348. The Morgan fingerprint density at radius 3 is 2.29 bits per heavy atom. The lowest BCUT2D eigenvalue weighted by Gasteiger charge is -2.47. The number of hydrogen-bond donors (Lipinski definition) is 2. The zero-order chi connectivity index (χ0) is 15.3. The molecule has 3 nitrogen and oxygen atoms in total. The number of nitrogens with one attached hydrogen (secondary N) is 1. The van der Waals surface area contributed by atoms with Gasteiger partial charge in [-0.3, -0.25) is 0 Å². The number of likely N-dealkylation sites (tertiary alicyclic amines) is 1. The second-order valence-corrected chi connectivity index (χ2v) is 7.90. The van der Waals surface area contributed by atoms with Crippen LogP contribution in [0.25, 0.3) is 0 Å². The first kappa shape index (κ1) is 17.2. The molecule has 3 heteroatoms. The Morgan fingerprint density at radius 2 is 1.76 bits per heavy atom. The maximum absolute atomic E-state index is 9.68. The fraction of sp³-hybridized carbons (Fsp3) is 1.00. The standard InChI is InChI=1S/C18H36N2O/c1-4-19-17(3,15-21)14-16(2)20-12-10-18(11-13-20)8-6-5-7-9-18/h16,19,21H,4-15H2,1-3H3. The van der Waals surface area contributed by atoms with Crippen LogP contribution < -0.4 is 5.32 Å². The molecule has 0 aromatic heterocycles. The highest BCUT2D eigenvalue weighted by molar-refractivity contribution is 4.92. The quantitative estimate of drug-likeness (QED) is 0.790. The summed E-state index contributed by atoms with van der Waals surface area (Å²) in [5.74, 6) is 0. The van der Waals surface area contributed by atoms with Gasteiger partial charge in [0.2, 0.25) is 0 Å². The molecule has 1 spiro atoms. The van der Waals surface area contributed by atoms with Crippen molar-refractivity contribution in [1.29, 1.82) is 0 Å². The highest BCUT2D eigenvalue weighted by atomic mass is 16.3. The van der Waals surface area contributed by atoms with Gasteiger partial charge in [0.05, 0.1) is 6.61 Å². The van der Waals surface area contributed by atoms with Gasteiger partial charge in [-0.15, -0.1) is 0 Å². The molecule has 2 atom stereocenters. The maximum Gasteiger partial charge on any atom is 0.0611 e. The Balaban J connectivity index is 1.83. The average molecular weight is 296 g/mol. The summed E-state index contributed by atoms with van der Waals surface area (Å²) in [6.07, 6.45) is 11.1. The number of likely N-dealkylation sites (N-methyl/N-ethyl adjacent to an activating group) is 1. The van der Waals surface area contributed by atoms with E-state index in [0.717, 1.165) is 13.0 Å². The van der Waals surface area contributed by atoms with Crippen LogP contribution in [-0.4, -0.2) is 47.8 Å². The third kappa shape index (κ3) is 4.43. The van der Waals surface area contributed by atoms with Gasteiger partial charge < -0.3 is 15.3 Å². The largest absolute Gasteiger partial charge is 0.394 e. The minimum Gasteiger partial charge on any atom is -0.394 e. The first-order valence-electron chi connectivity index (χ1n) is 9.12.